The van der Waals surface area contributed by atoms with Gasteiger partial charge in [0.15, 0.2) is 0 Å². The number of carboxylic acid groups (broad SMARTS) is 1. The molecular formula is C13H13NO5. The standard InChI is InChI=1S/C13H13NO5/c1-2-8(6-15)14-11(16)9-4-3-7(13(18)19)5-10(9)12(14)17/h3-5,8,15H,2,6H2,1H3,(H,18,19)/t8-/m1/s1. The molecule has 1 aliphatic rings. The summed E-state index contributed by atoms with van der Waals surface area (Å²) in [5.74, 6) is -2.20. The summed E-state index contributed by atoms with van der Waals surface area (Å²) in [5, 5.41) is 18.1. The van der Waals surface area contributed by atoms with Crippen molar-refractivity contribution in [3.63, 3.8) is 0 Å². The Morgan fingerprint density at radius 2 is 1.89 bits per heavy atom. The molecule has 6 nitrogen and oxygen atoms in total. The zero-order chi connectivity index (χ0) is 14.2. The first kappa shape index (κ1) is 13.2. The smallest absolute Gasteiger partial charge is 0.335 e. The molecule has 19 heavy (non-hydrogen) atoms. The fourth-order valence-corrected chi connectivity index (χ4v) is 2.12. The van der Waals surface area contributed by atoms with Crippen molar-refractivity contribution >= 4 is 17.8 Å². The molecule has 1 atom stereocenters. The van der Waals surface area contributed by atoms with E-state index in [4.69, 9.17) is 5.11 Å². The minimum atomic E-state index is -1.16. The summed E-state index contributed by atoms with van der Waals surface area (Å²) >= 11 is 0. The molecule has 2 amide bonds. The number of carbonyl (C=O) groups excluding carboxylic acids is 2. The summed E-state index contributed by atoms with van der Waals surface area (Å²) < 4.78 is 0. The number of hydrogen-bond donors (Lipinski definition) is 2. The molecule has 0 aliphatic carbocycles. The topological polar surface area (TPSA) is 94.9 Å². The molecule has 6 heteroatoms. The molecule has 0 fully saturated rings. The number of benzene rings is 1. The second-order valence-corrected chi connectivity index (χ2v) is 4.29. The van der Waals surface area contributed by atoms with E-state index in [9.17, 15) is 19.5 Å². The van der Waals surface area contributed by atoms with Gasteiger partial charge in [0.2, 0.25) is 0 Å². The fourth-order valence-electron chi connectivity index (χ4n) is 2.12. The number of amides is 2. The van der Waals surface area contributed by atoms with E-state index in [1.165, 1.54) is 18.2 Å². The summed E-state index contributed by atoms with van der Waals surface area (Å²) in [6.45, 7) is 1.45. The monoisotopic (exact) mass is 263 g/mol. The highest BCUT2D eigenvalue weighted by Crippen LogP contribution is 2.26. The molecule has 0 unspecified atom stereocenters. The summed E-state index contributed by atoms with van der Waals surface area (Å²) in [6.07, 6.45) is 0.438. The number of rotatable bonds is 4. The molecule has 0 spiro atoms. The van der Waals surface area contributed by atoms with Gasteiger partial charge in [-0.1, -0.05) is 6.92 Å². The van der Waals surface area contributed by atoms with Crippen molar-refractivity contribution in [3.8, 4) is 0 Å². The second kappa shape index (κ2) is 4.81. The van der Waals surface area contributed by atoms with Gasteiger partial charge in [0, 0.05) is 0 Å². The van der Waals surface area contributed by atoms with Gasteiger partial charge < -0.3 is 10.2 Å². The zero-order valence-corrected chi connectivity index (χ0v) is 10.3. The van der Waals surface area contributed by atoms with Crippen LogP contribution in [0.4, 0.5) is 0 Å². The number of aliphatic hydroxyl groups is 1. The van der Waals surface area contributed by atoms with E-state index < -0.39 is 23.8 Å². The highest BCUT2D eigenvalue weighted by atomic mass is 16.4. The van der Waals surface area contributed by atoms with Crippen molar-refractivity contribution in [2.75, 3.05) is 6.61 Å². The van der Waals surface area contributed by atoms with Crippen molar-refractivity contribution in [3.05, 3.63) is 34.9 Å². The van der Waals surface area contributed by atoms with E-state index in [1.807, 2.05) is 0 Å². The van der Waals surface area contributed by atoms with E-state index in [0.717, 1.165) is 4.90 Å². The third-order valence-electron chi connectivity index (χ3n) is 3.21. The van der Waals surface area contributed by atoms with E-state index in [0.29, 0.717) is 6.42 Å². The highest BCUT2D eigenvalue weighted by molar-refractivity contribution is 6.22. The summed E-state index contributed by atoms with van der Waals surface area (Å²) in [4.78, 5) is 36.1. The van der Waals surface area contributed by atoms with Gasteiger partial charge in [-0.25, -0.2) is 4.79 Å². The van der Waals surface area contributed by atoms with Crippen LogP contribution in [0, 0.1) is 0 Å². The molecule has 2 N–H and O–H groups in total. The summed E-state index contributed by atoms with van der Waals surface area (Å²) in [7, 11) is 0. The minimum absolute atomic E-state index is 0.0428. The van der Waals surface area contributed by atoms with Crippen molar-refractivity contribution < 1.29 is 24.6 Å². The molecule has 0 radical (unpaired) electrons. The maximum absolute atomic E-state index is 12.1. The van der Waals surface area contributed by atoms with E-state index >= 15 is 0 Å². The number of aliphatic hydroxyl groups excluding tert-OH is 1. The number of carboxylic acids is 1. The van der Waals surface area contributed by atoms with Gasteiger partial charge in [0.25, 0.3) is 11.8 Å². The molecule has 100 valence electrons. The van der Waals surface area contributed by atoms with Gasteiger partial charge in [0.05, 0.1) is 29.3 Å². The summed E-state index contributed by atoms with van der Waals surface area (Å²) in [5.41, 5.74) is 0.220. The van der Waals surface area contributed by atoms with Gasteiger partial charge in [-0.3, -0.25) is 14.5 Å². The predicted molar refractivity (Wildman–Crippen MR) is 65.1 cm³/mol. The van der Waals surface area contributed by atoms with Crippen molar-refractivity contribution in [2.45, 2.75) is 19.4 Å². The van der Waals surface area contributed by atoms with Gasteiger partial charge in [-0.2, -0.15) is 0 Å². The van der Waals surface area contributed by atoms with Crippen LogP contribution in [-0.2, 0) is 0 Å². The van der Waals surface area contributed by atoms with Gasteiger partial charge in [-0.05, 0) is 24.6 Å². The normalized spacial score (nSPS) is 15.6. The van der Waals surface area contributed by atoms with Crippen LogP contribution in [-0.4, -0.2) is 45.5 Å². The zero-order valence-electron chi connectivity index (χ0n) is 10.3. The fraction of sp³-hybridized carbons (Fsp3) is 0.308. The maximum atomic E-state index is 12.1. The van der Waals surface area contributed by atoms with E-state index in [-0.39, 0.29) is 23.3 Å². The Morgan fingerprint density at radius 1 is 1.26 bits per heavy atom. The Morgan fingerprint density at radius 3 is 2.42 bits per heavy atom. The number of hydrogen-bond acceptors (Lipinski definition) is 4. The van der Waals surface area contributed by atoms with Gasteiger partial charge >= 0.3 is 5.97 Å². The summed E-state index contributed by atoms with van der Waals surface area (Å²) in [6, 6.07) is 3.24. The minimum Gasteiger partial charge on any atom is -0.478 e. The van der Waals surface area contributed by atoms with Crippen molar-refractivity contribution in [2.24, 2.45) is 0 Å². The van der Waals surface area contributed by atoms with Gasteiger partial charge in [-0.15, -0.1) is 0 Å². The Bertz CT molecular complexity index is 562. The molecule has 1 aromatic carbocycles. The molecular weight excluding hydrogens is 250 g/mol. The Kier molecular flexibility index (Phi) is 3.35. The highest BCUT2D eigenvalue weighted by Gasteiger charge is 2.39. The molecule has 0 bridgehead atoms. The SMILES string of the molecule is CC[C@H](CO)N1C(=O)c2ccc(C(=O)O)cc2C1=O. The van der Waals surface area contributed by atoms with Crippen molar-refractivity contribution in [1.29, 1.82) is 0 Å². The van der Waals surface area contributed by atoms with Crippen LogP contribution in [0.1, 0.15) is 44.4 Å². The van der Waals surface area contributed by atoms with Crippen LogP contribution in [0.5, 0.6) is 0 Å². The maximum Gasteiger partial charge on any atom is 0.335 e. The Labute approximate surface area is 109 Å². The number of nitrogens with zero attached hydrogens (tertiary/aromatic N) is 1. The third kappa shape index (κ3) is 2.00. The van der Waals surface area contributed by atoms with Crippen molar-refractivity contribution in [1.82, 2.24) is 4.90 Å². The van der Waals surface area contributed by atoms with Crippen LogP contribution in [0.25, 0.3) is 0 Å². The van der Waals surface area contributed by atoms with Crippen LogP contribution in [0.3, 0.4) is 0 Å². The predicted octanol–water partition coefficient (Wildman–Crippen LogP) is 0.752. The lowest BCUT2D eigenvalue weighted by molar-refractivity contribution is 0.0511. The number of imide groups is 1. The van der Waals surface area contributed by atoms with E-state index in [1.54, 1.807) is 6.92 Å². The first-order valence-electron chi connectivity index (χ1n) is 5.87. The Hall–Kier alpha value is -2.21. The van der Waals surface area contributed by atoms with Crippen LogP contribution in [0.15, 0.2) is 18.2 Å². The first-order chi connectivity index (χ1) is 9.01. The molecule has 0 aromatic heterocycles. The lowest BCUT2D eigenvalue weighted by Crippen LogP contribution is -2.41. The molecule has 1 aromatic rings. The molecule has 0 saturated heterocycles. The lowest BCUT2D eigenvalue weighted by atomic mass is 10.1. The Balaban J connectivity index is 2.47. The average Bonchev–Trinajstić information content (AvgIpc) is 2.65. The first-order valence-corrected chi connectivity index (χ1v) is 5.87. The quantitative estimate of drug-likeness (QED) is 0.782. The lowest BCUT2D eigenvalue weighted by Gasteiger charge is -2.22. The molecule has 1 heterocycles. The number of carbonyl (C=O) groups is 3. The van der Waals surface area contributed by atoms with E-state index in [2.05, 4.69) is 0 Å². The van der Waals surface area contributed by atoms with Gasteiger partial charge in [0.1, 0.15) is 0 Å². The van der Waals surface area contributed by atoms with Crippen LogP contribution in [0.2, 0.25) is 0 Å². The number of aromatic carboxylic acids is 1. The van der Waals surface area contributed by atoms with Crippen LogP contribution >= 0.6 is 0 Å². The largest absolute Gasteiger partial charge is 0.478 e. The third-order valence-corrected chi connectivity index (χ3v) is 3.21. The number of fused-ring (bicyclic) bond motifs is 1. The molecule has 2 rings (SSSR count). The molecule has 0 saturated carbocycles. The molecule has 1 aliphatic heterocycles. The average molecular weight is 263 g/mol. The van der Waals surface area contributed by atoms with Crippen LogP contribution < -0.4 is 0 Å². The second-order valence-electron chi connectivity index (χ2n) is 4.29.